The second-order valence-corrected chi connectivity index (χ2v) is 6.44. The fourth-order valence-corrected chi connectivity index (χ4v) is 3.55. The Morgan fingerprint density at radius 3 is 2.39 bits per heavy atom. The van der Waals surface area contributed by atoms with Crippen molar-refractivity contribution < 1.29 is 9.69 Å². The highest BCUT2D eigenvalue weighted by molar-refractivity contribution is 5.77. The molecule has 1 aliphatic heterocycles. The van der Waals surface area contributed by atoms with Gasteiger partial charge in [-0.25, -0.2) is 0 Å². The first-order chi connectivity index (χ1) is 11.2. The Hall–Kier alpha value is -2.13. The van der Waals surface area contributed by atoms with E-state index in [0.29, 0.717) is 6.04 Å². The monoisotopic (exact) mass is 309 g/mol. The number of aldehydes is 1. The number of carbonyl (C=O) groups excluding carboxylic acids is 1. The van der Waals surface area contributed by atoms with Gasteiger partial charge in [-0.2, -0.15) is 0 Å². The van der Waals surface area contributed by atoms with Gasteiger partial charge in [0.05, 0.1) is 26.2 Å². The molecule has 1 atom stereocenters. The van der Waals surface area contributed by atoms with E-state index in [1.54, 1.807) is 4.90 Å². The third kappa shape index (κ3) is 3.45. The molecule has 1 aliphatic rings. The van der Waals surface area contributed by atoms with Gasteiger partial charge in [0.1, 0.15) is 12.3 Å². The molecule has 2 aromatic carbocycles. The molecule has 0 aromatic heterocycles. The van der Waals surface area contributed by atoms with Crippen molar-refractivity contribution >= 4 is 12.0 Å². The summed E-state index contributed by atoms with van der Waals surface area (Å²) in [6, 6.07) is 17.3. The first-order valence-corrected chi connectivity index (χ1v) is 8.39. The summed E-state index contributed by atoms with van der Waals surface area (Å²) < 4.78 is 0. The molecule has 0 aliphatic carbocycles. The molecule has 0 radical (unpaired) electrons. The predicted molar refractivity (Wildman–Crippen MR) is 94.3 cm³/mol. The SMILES string of the molecule is Cc1cc(C=O)ccc1N1CC[NH+]([C@@H](C)c2ccccc2)CC1. The number of carbonyl (C=O) groups is 1. The van der Waals surface area contributed by atoms with Crippen molar-refractivity contribution in [2.24, 2.45) is 0 Å². The van der Waals surface area contributed by atoms with Gasteiger partial charge < -0.3 is 9.80 Å². The van der Waals surface area contributed by atoms with Crippen molar-refractivity contribution in [3.05, 3.63) is 65.2 Å². The molecule has 1 saturated heterocycles. The van der Waals surface area contributed by atoms with Crippen LogP contribution < -0.4 is 9.80 Å². The molecule has 23 heavy (non-hydrogen) atoms. The average Bonchev–Trinajstić information content (AvgIpc) is 2.62. The third-order valence-corrected chi connectivity index (χ3v) is 5.02. The molecule has 3 rings (SSSR count). The van der Waals surface area contributed by atoms with Gasteiger partial charge in [-0.3, -0.25) is 4.79 Å². The van der Waals surface area contributed by atoms with Crippen LogP contribution in [-0.2, 0) is 0 Å². The Bertz CT molecular complexity index is 661. The molecule has 0 amide bonds. The number of quaternary nitrogens is 1. The highest BCUT2D eigenvalue weighted by Gasteiger charge is 2.26. The smallest absolute Gasteiger partial charge is 0.150 e. The van der Waals surface area contributed by atoms with E-state index in [1.807, 2.05) is 12.1 Å². The van der Waals surface area contributed by atoms with Crippen molar-refractivity contribution in [2.45, 2.75) is 19.9 Å². The number of hydrogen-bond donors (Lipinski definition) is 1. The molecule has 0 unspecified atom stereocenters. The van der Waals surface area contributed by atoms with Crippen LogP contribution in [0.3, 0.4) is 0 Å². The molecule has 120 valence electrons. The summed E-state index contributed by atoms with van der Waals surface area (Å²) in [6.45, 7) is 8.83. The van der Waals surface area contributed by atoms with Gasteiger partial charge in [0.25, 0.3) is 0 Å². The molecule has 3 nitrogen and oxygen atoms in total. The van der Waals surface area contributed by atoms with E-state index in [0.717, 1.165) is 38.0 Å². The maximum Gasteiger partial charge on any atom is 0.150 e. The Labute approximate surface area is 138 Å². The van der Waals surface area contributed by atoms with Gasteiger partial charge in [0, 0.05) is 16.8 Å². The summed E-state index contributed by atoms with van der Waals surface area (Å²) in [5, 5.41) is 0. The Morgan fingerprint density at radius 2 is 1.78 bits per heavy atom. The summed E-state index contributed by atoms with van der Waals surface area (Å²) in [6.07, 6.45) is 0.917. The number of piperazine rings is 1. The van der Waals surface area contributed by atoms with Crippen LogP contribution in [0.5, 0.6) is 0 Å². The first-order valence-electron chi connectivity index (χ1n) is 8.39. The van der Waals surface area contributed by atoms with Crippen LogP contribution in [0.15, 0.2) is 48.5 Å². The van der Waals surface area contributed by atoms with Gasteiger partial charge in [-0.1, -0.05) is 30.3 Å². The lowest BCUT2D eigenvalue weighted by molar-refractivity contribution is -0.930. The number of nitrogens with zero attached hydrogens (tertiary/aromatic N) is 1. The Balaban J connectivity index is 1.65. The van der Waals surface area contributed by atoms with Gasteiger partial charge in [-0.15, -0.1) is 0 Å². The van der Waals surface area contributed by atoms with Crippen molar-refractivity contribution in [2.75, 3.05) is 31.1 Å². The number of hydrogen-bond acceptors (Lipinski definition) is 2. The van der Waals surface area contributed by atoms with E-state index < -0.39 is 0 Å². The number of anilines is 1. The topological polar surface area (TPSA) is 24.8 Å². The maximum atomic E-state index is 10.9. The molecule has 0 bridgehead atoms. The van der Waals surface area contributed by atoms with E-state index >= 15 is 0 Å². The van der Waals surface area contributed by atoms with Crippen molar-refractivity contribution in [3.8, 4) is 0 Å². The zero-order valence-electron chi connectivity index (χ0n) is 14.0. The lowest BCUT2D eigenvalue weighted by Gasteiger charge is -2.37. The third-order valence-electron chi connectivity index (χ3n) is 5.02. The summed E-state index contributed by atoms with van der Waals surface area (Å²) >= 11 is 0. The Morgan fingerprint density at radius 1 is 1.09 bits per heavy atom. The molecule has 1 fully saturated rings. The Kier molecular flexibility index (Phi) is 4.77. The number of aryl methyl sites for hydroxylation is 1. The van der Waals surface area contributed by atoms with Gasteiger partial charge in [-0.05, 0) is 37.6 Å². The van der Waals surface area contributed by atoms with Crippen LogP contribution >= 0.6 is 0 Å². The molecule has 1 N–H and O–H groups in total. The molecular formula is C20H25N2O+. The summed E-state index contributed by atoms with van der Waals surface area (Å²) in [5.74, 6) is 0. The maximum absolute atomic E-state index is 10.9. The highest BCUT2D eigenvalue weighted by Crippen LogP contribution is 2.21. The highest BCUT2D eigenvalue weighted by atomic mass is 16.1. The standard InChI is InChI=1S/C20H24N2O/c1-16-14-18(15-23)8-9-20(16)22-12-10-21(11-13-22)17(2)19-6-4-3-5-7-19/h3-9,14-15,17H,10-13H2,1-2H3/p+1/t17-/m0/s1. The largest absolute Gasteiger partial charge is 0.360 e. The molecule has 3 heteroatoms. The number of benzene rings is 2. The minimum Gasteiger partial charge on any atom is -0.360 e. The second-order valence-electron chi connectivity index (χ2n) is 6.44. The molecular weight excluding hydrogens is 284 g/mol. The quantitative estimate of drug-likeness (QED) is 0.877. The average molecular weight is 309 g/mol. The van der Waals surface area contributed by atoms with E-state index in [-0.39, 0.29) is 0 Å². The molecule has 0 saturated carbocycles. The van der Waals surface area contributed by atoms with Crippen molar-refractivity contribution in [1.82, 2.24) is 0 Å². The number of rotatable bonds is 4. The zero-order chi connectivity index (χ0) is 16.2. The normalized spacial score (nSPS) is 17.0. The summed E-state index contributed by atoms with van der Waals surface area (Å²) in [7, 11) is 0. The van der Waals surface area contributed by atoms with Crippen LogP contribution in [-0.4, -0.2) is 32.5 Å². The van der Waals surface area contributed by atoms with Crippen LogP contribution in [0.4, 0.5) is 5.69 Å². The molecule has 2 aromatic rings. The van der Waals surface area contributed by atoms with Crippen LogP contribution in [0.1, 0.15) is 34.5 Å². The van der Waals surface area contributed by atoms with Crippen LogP contribution in [0.2, 0.25) is 0 Å². The number of nitrogens with one attached hydrogen (secondary N) is 1. The lowest BCUT2D eigenvalue weighted by Crippen LogP contribution is -3.14. The van der Waals surface area contributed by atoms with Crippen LogP contribution in [0.25, 0.3) is 0 Å². The van der Waals surface area contributed by atoms with Gasteiger partial charge >= 0.3 is 0 Å². The van der Waals surface area contributed by atoms with E-state index in [4.69, 9.17) is 0 Å². The summed E-state index contributed by atoms with van der Waals surface area (Å²) in [5.41, 5.74) is 4.63. The second kappa shape index (κ2) is 6.97. The van der Waals surface area contributed by atoms with Gasteiger partial charge in [0.2, 0.25) is 0 Å². The van der Waals surface area contributed by atoms with E-state index in [9.17, 15) is 4.79 Å². The minimum absolute atomic E-state index is 0.539. The summed E-state index contributed by atoms with van der Waals surface area (Å²) in [4.78, 5) is 15.0. The van der Waals surface area contributed by atoms with Crippen molar-refractivity contribution in [1.29, 1.82) is 0 Å². The fraction of sp³-hybridized carbons (Fsp3) is 0.350. The van der Waals surface area contributed by atoms with E-state index in [1.165, 1.54) is 16.8 Å². The van der Waals surface area contributed by atoms with Crippen molar-refractivity contribution in [3.63, 3.8) is 0 Å². The fourth-order valence-electron chi connectivity index (χ4n) is 3.55. The minimum atomic E-state index is 0.539. The van der Waals surface area contributed by atoms with Gasteiger partial charge in [0.15, 0.2) is 0 Å². The zero-order valence-corrected chi connectivity index (χ0v) is 14.0. The van der Waals surface area contributed by atoms with Crippen LogP contribution in [0, 0.1) is 6.92 Å². The van der Waals surface area contributed by atoms with E-state index in [2.05, 4.69) is 55.1 Å². The first kappa shape index (κ1) is 15.8. The molecule has 0 spiro atoms. The predicted octanol–water partition coefficient (Wildman–Crippen LogP) is 2.27. The molecule has 1 heterocycles. The lowest BCUT2D eigenvalue weighted by atomic mass is 10.1.